The summed E-state index contributed by atoms with van der Waals surface area (Å²) in [5.41, 5.74) is 0. The van der Waals surface area contributed by atoms with Crippen LogP contribution in [0.25, 0.3) is 0 Å². The van der Waals surface area contributed by atoms with Crippen LogP contribution in [0.5, 0.6) is 0 Å². The van der Waals surface area contributed by atoms with Crippen molar-refractivity contribution in [3.63, 3.8) is 0 Å². The van der Waals surface area contributed by atoms with Gasteiger partial charge in [0, 0.05) is 0 Å². The molecule has 0 radical (unpaired) electrons. The standard InChI is InChI=1S/C6H10O.C4H10O3/c1-2-3-4-5-6-7;1-3-5-7-6-4-2/h2-5,7H,6H2,1H3;3-4H2,1-2H3/b3-2+,5-4+;. The predicted molar refractivity (Wildman–Crippen MR) is 55.4 cm³/mol. The number of rotatable bonds is 6. The van der Waals surface area contributed by atoms with E-state index in [0.717, 1.165) is 0 Å². The summed E-state index contributed by atoms with van der Waals surface area (Å²) in [4.78, 5) is 8.70. The molecule has 0 aromatic carbocycles. The summed E-state index contributed by atoms with van der Waals surface area (Å²) in [5, 5.41) is 12.3. The molecule has 4 heteroatoms. The second kappa shape index (κ2) is 18.2. The lowest BCUT2D eigenvalue weighted by Crippen LogP contribution is -1.94. The number of hydrogen-bond acceptors (Lipinski definition) is 4. The maximum atomic E-state index is 8.17. The molecule has 0 heterocycles. The number of hydrogen-bond donors (Lipinski definition) is 1. The second-order valence-electron chi connectivity index (χ2n) is 2.02. The molecular weight excluding hydrogens is 184 g/mol. The molecular formula is C10H20O4. The third-order valence-corrected chi connectivity index (χ3v) is 0.877. The lowest BCUT2D eigenvalue weighted by Gasteiger charge is -1.94. The quantitative estimate of drug-likeness (QED) is 0.311. The van der Waals surface area contributed by atoms with Gasteiger partial charge in [0.15, 0.2) is 0 Å². The highest BCUT2D eigenvalue weighted by molar-refractivity contribution is 5.00. The first-order chi connectivity index (χ1) is 6.83. The summed E-state index contributed by atoms with van der Waals surface area (Å²) in [6, 6.07) is 0. The van der Waals surface area contributed by atoms with Gasteiger partial charge >= 0.3 is 0 Å². The minimum atomic E-state index is 0.129. The molecule has 0 amide bonds. The van der Waals surface area contributed by atoms with E-state index in [9.17, 15) is 0 Å². The Balaban J connectivity index is 0. The van der Waals surface area contributed by atoms with Gasteiger partial charge in [-0.2, -0.15) is 0 Å². The molecule has 0 bridgehead atoms. The zero-order valence-corrected chi connectivity index (χ0v) is 9.10. The molecule has 0 saturated heterocycles. The molecule has 14 heavy (non-hydrogen) atoms. The Morgan fingerprint density at radius 3 is 2.00 bits per heavy atom. The van der Waals surface area contributed by atoms with Gasteiger partial charge in [-0.3, -0.25) is 0 Å². The summed E-state index contributed by atoms with van der Waals surface area (Å²) in [6.07, 6.45) is 7.27. The van der Waals surface area contributed by atoms with Crippen LogP contribution in [0.3, 0.4) is 0 Å². The minimum absolute atomic E-state index is 0.129. The van der Waals surface area contributed by atoms with Crippen molar-refractivity contribution >= 4 is 0 Å². The molecule has 0 aliphatic heterocycles. The molecule has 0 aromatic heterocycles. The van der Waals surface area contributed by atoms with Crippen LogP contribution in [-0.2, 0) is 14.8 Å². The van der Waals surface area contributed by atoms with Crippen LogP contribution >= 0.6 is 0 Å². The fourth-order valence-electron chi connectivity index (χ4n) is 0.381. The Morgan fingerprint density at radius 1 is 1.07 bits per heavy atom. The van der Waals surface area contributed by atoms with E-state index in [0.29, 0.717) is 13.2 Å². The van der Waals surface area contributed by atoms with Gasteiger partial charge in [-0.15, -0.1) is 0 Å². The molecule has 0 aromatic rings. The van der Waals surface area contributed by atoms with Gasteiger partial charge in [0.1, 0.15) is 0 Å². The monoisotopic (exact) mass is 204 g/mol. The maximum absolute atomic E-state index is 8.17. The molecule has 0 aliphatic rings. The van der Waals surface area contributed by atoms with Gasteiger partial charge in [-0.25, -0.2) is 9.78 Å². The van der Waals surface area contributed by atoms with Crippen LogP contribution < -0.4 is 0 Å². The third kappa shape index (κ3) is 22.5. The van der Waals surface area contributed by atoms with E-state index in [1.54, 1.807) is 12.2 Å². The van der Waals surface area contributed by atoms with Crippen molar-refractivity contribution in [2.75, 3.05) is 19.8 Å². The lowest BCUT2D eigenvalue weighted by atomic mass is 10.4. The van der Waals surface area contributed by atoms with Crippen molar-refractivity contribution in [3.8, 4) is 0 Å². The summed E-state index contributed by atoms with van der Waals surface area (Å²) in [5.74, 6) is 0. The van der Waals surface area contributed by atoms with Crippen molar-refractivity contribution in [1.82, 2.24) is 0 Å². The average Bonchev–Trinajstić information content (AvgIpc) is 2.21. The van der Waals surface area contributed by atoms with E-state index in [4.69, 9.17) is 5.11 Å². The molecule has 84 valence electrons. The Kier molecular flexibility index (Phi) is 20.5. The zero-order valence-electron chi connectivity index (χ0n) is 9.10. The molecule has 0 rings (SSSR count). The Hall–Kier alpha value is -0.680. The van der Waals surface area contributed by atoms with Crippen molar-refractivity contribution in [2.24, 2.45) is 0 Å². The fraction of sp³-hybridized carbons (Fsp3) is 0.600. The van der Waals surface area contributed by atoms with Crippen LogP contribution in [0.4, 0.5) is 0 Å². The maximum Gasteiger partial charge on any atom is 0.0825 e. The highest BCUT2D eigenvalue weighted by Crippen LogP contribution is 1.77. The first-order valence-corrected chi connectivity index (χ1v) is 4.63. The topological polar surface area (TPSA) is 47.9 Å². The number of aliphatic hydroxyl groups excluding tert-OH is 1. The normalized spacial score (nSPS) is 10.6. The van der Waals surface area contributed by atoms with Crippen LogP contribution in [0, 0.1) is 0 Å². The molecule has 0 aliphatic carbocycles. The van der Waals surface area contributed by atoms with Crippen LogP contribution in [0.2, 0.25) is 0 Å². The molecule has 0 saturated carbocycles. The molecule has 1 N–H and O–H groups in total. The molecule has 0 spiro atoms. The Morgan fingerprint density at radius 2 is 1.64 bits per heavy atom. The van der Waals surface area contributed by atoms with Crippen molar-refractivity contribution in [1.29, 1.82) is 0 Å². The van der Waals surface area contributed by atoms with E-state index in [-0.39, 0.29) is 6.61 Å². The Labute approximate surface area is 85.6 Å². The summed E-state index contributed by atoms with van der Waals surface area (Å²) >= 11 is 0. The fourth-order valence-corrected chi connectivity index (χ4v) is 0.381. The first kappa shape index (κ1) is 15.8. The van der Waals surface area contributed by atoms with Gasteiger partial charge in [0.2, 0.25) is 0 Å². The van der Waals surface area contributed by atoms with E-state index >= 15 is 0 Å². The third-order valence-electron chi connectivity index (χ3n) is 0.877. The zero-order chi connectivity index (χ0) is 11.1. The van der Waals surface area contributed by atoms with Gasteiger partial charge in [-0.1, -0.05) is 29.3 Å². The predicted octanol–water partition coefficient (Wildman–Crippen LogP) is 2.02. The summed E-state index contributed by atoms with van der Waals surface area (Å²) < 4.78 is 0. The van der Waals surface area contributed by atoms with E-state index in [1.165, 1.54) is 0 Å². The van der Waals surface area contributed by atoms with Crippen LogP contribution in [-0.4, -0.2) is 24.9 Å². The lowest BCUT2D eigenvalue weighted by molar-refractivity contribution is -0.509. The van der Waals surface area contributed by atoms with E-state index in [2.05, 4.69) is 14.8 Å². The van der Waals surface area contributed by atoms with Gasteiger partial charge < -0.3 is 5.11 Å². The number of allylic oxidation sites excluding steroid dienone is 3. The van der Waals surface area contributed by atoms with Gasteiger partial charge in [0.05, 0.1) is 19.8 Å². The highest BCUT2D eigenvalue weighted by atomic mass is 17.5. The molecule has 0 unspecified atom stereocenters. The van der Waals surface area contributed by atoms with Gasteiger partial charge in [-0.05, 0) is 20.8 Å². The average molecular weight is 204 g/mol. The van der Waals surface area contributed by atoms with Crippen molar-refractivity contribution < 1.29 is 19.9 Å². The van der Waals surface area contributed by atoms with Crippen LogP contribution in [0.15, 0.2) is 24.3 Å². The molecule has 4 nitrogen and oxygen atoms in total. The highest BCUT2D eigenvalue weighted by Gasteiger charge is 1.77. The Bertz CT molecular complexity index is 128. The summed E-state index contributed by atoms with van der Waals surface area (Å²) in [6.45, 7) is 6.73. The van der Waals surface area contributed by atoms with Crippen molar-refractivity contribution in [3.05, 3.63) is 24.3 Å². The smallest absolute Gasteiger partial charge is 0.0825 e. The largest absolute Gasteiger partial charge is 0.392 e. The molecule has 0 fully saturated rings. The van der Waals surface area contributed by atoms with Crippen LogP contribution in [0.1, 0.15) is 20.8 Å². The SMILES string of the molecule is C/C=C/C=C/CO.CCOOOCC. The first-order valence-electron chi connectivity index (χ1n) is 4.63. The molecule has 0 atom stereocenters. The minimum Gasteiger partial charge on any atom is -0.392 e. The summed E-state index contributed by atoms with van der Waals surface area (Å²) in [7, 11) is 0. The van der Waals surface area contributed by atoms with E-state index in [1.807, 2.05) is 32.9 Å². The van der Waals surface area contributed by atoms with Gasteiger partial charge in [0.25, 0.3) is 0 Å². The van der Waals surface area contributed by atoms with E-state index < -0.39 is 0 Å². The number of aliphatic hydroxyl groups is 1. The second-order valence-corrected chi connectivity index (χ2v) is 2.02. The van der Waals surface area contributed by atoms with Crippen molar-refractivity contribution in [2.45, 2.75) is 20.8 Å².